The van der Waals surface area contributed by atoms with Gasteiger partial charge in [-0.2, -0.15) is 0 Å². The third kappa shape index (κ3) is 4.51. The van der Waals surface area contributed by atoms with Gasteiger partial charge in [0.1, 0.15) is 0 Å². The van der Waals surface area contributed by atoms with Gasteiger partial charge in [-0.15, -0.1) is 0 Å². The second kappa shape index (κ2) is 5.85. The van der Waals surface area contributed by atoms with Gasteiger partial charge in [0, 0.05) is 22.6 Å². The summed E-state index contributed by atoms with van der Waals surface area (Å²) >= 11 is 9.46. The van der Waals surface area contributed by atoms with Crippen LogP contribution in [0.15, 0.2) is 22.7 Å². The Morgan fingerprint density at radius 1 is 1.53 bits per heavy atom. The molecule has 0 bridgehead atoms. The molecule has 0 aromatic heterocycles. The van der Waals surface area contributed by atoms with E-state index in [0.717, 1.165) is 21.6 Å². The molecule has 0 amide bonds. The number of halogens is 2. The van der Waals surface area contributed by atoms with Crippen molar-refractivity contribution in [2.75, 3.05) is 13.6 Å². The Balaban J connectivity index is 2.64. The van der Waals surface area contributed by atoms with Crippen LogP contribution in [0.1, 0.15) is 12.5 Å². The second-order valence-corrected chi connectivity index (χ2v) is 5.10. The first-order valence-electron chi connectivity index (χ1n) is 4.79. The molecule has 84 valence electrons. The lowest BCUT2D eigenvalue weighted by Crippen LogP contribution is -2.26. The molecule has 0 saturated heterocycles. The van der Waals surface area contributed by atoms with E-state index >= 15 is 0 Å². The number of hydrogen-bond donors (Lipinski definition) is 1. The third-order valence-corrected chi connectivity index (χ3v) is 2.88. The molecule has 0 spiro atoms. The van der Waals surface area contributed by atoms with E-state index < -0.39 is 0 Å². The summed E-state index contributed by atoms with van der Waals surface area (Å²) in [5.41, 5.74) is 1.07. The Morgan fingerprint density at radius 3 is 2.73 bits per heavy atom. The van der Waals surface area contributed by atoms with Crippen molar-refractivity contribution in [3.63, 3.8) is 0 Å². The molecule has 0 saturated carbocycles. The molecule has 4 heteroatoms. The minimum atomic E-state index is -0.316. The topological polar surface area (TPSA) is 23.5 Å². The van der Waals surface area contributed by atoms with Crippen molar-refractivity contribution in [2.45, 2.75) is 19.6 Å². The molecule has 1 rings (SSSR count). The van der Waals surface area contributed by atoms with Crippen LogP contribution < -0.4 is 0 Å². The molecule has 1 unspecified atom stereocenters. The lowest BCUT2D eigenvalue weighted by molar-refractivity contribution is 0.138. The molecular formula is C11H15BrClNO. The Morgan fingerprint density at radius 2 is 2.20 bits per heavy atom. The number of likely N-dealkylation sites (N-methyl/N-ethyl adjacent to an activating group) is 1. The molecule has 0 fully saturated rings. The smallest absolute Gasteiger partial charge is 0.0639 e. The van der Waals surface area contributed by atoms with Gasteiger partial charge in [-0.05, 0) is 31.7 Å². The fraction of sp³-hybridized carbons (Fsp3) is 0.455. The van der Waals surface area contributed by atoms with Crippen molar-refractivity contribution in [1.82, 2.24) is 4.90 Å². The third-order valence-electron chi connectivity index (χ3n) is 2.03. The molecule has 2 nitrogen and oxygen atoms in total. The zero-order valence-corrected chi connectivity index (χ0v) is 11.2. The van der Waals surface area contributed by atoms with Crippen molar-refractivity contribution in [1.29, 1.82) is 0 Å². The molecule has 0 aliphatic heterocycles. The lowest BCUT2D eigenvalue weighted by Gasteiger charge is -2.19. The van der Waals surface area contributed by atoms with Crippen molar-refractivity contribution in [2.24, 2.45) is 0 Å². The number of nitrogens with zero attached hydrogens (tertiary/aromatic N) is 1. The zero-order chi connectivity index (χ0) is 11.4. The Hall–Kier alpha value is -0.0900. The summed E-state index contributed by atoms with van der Waals surface area (Å²) in [5.74, 6) is 0. The summed E-state index contributed by atoms with van der Waals surface area (Å²) in [7, 11) is 1.96. The summed E-state index contributed by atoms with van der Waals surface area (Å²) < 4.78 is 0.981. The Labute approximate surface area is 104 Å². The summed E-state index contributed by atoms with van der Waals surface area (Å²) in [6.45, 7) is 3.17. The second-order valence-electron chi connectivity index (χ2n) is 3.78. The monoisotopic (exact) mass is 291 g/mol. The fourth-order valence-corrected chi connectivity index (χ4v) is 2.19. The minimum Gasteiger partial charge on any atom is -0.392 e. The predicted molar refractivity (Wildman–Crippen MR) is 67.2 cm³/mol. The van der Waals surface area contributed by atoms with Crippen LogP contribution in [0.5, 0.6) is 0 Å². The molecule has 15 heavy (non-hydrogen) atoms. The fourth-order valence-electron chi connectivity index (χ4n) is 1.46. The van der Waals surface area contributed by atoms with Crippen LogP contribution in [0.2, 0.25) is 5.02 Å². The summed E-state index contributed by atoms with van der Waals surface area (Å²) in [6.07, 6.45) is -0.316. The van der Waals surface area contributed by atoms with Crippen molar-refractivity contribution in [3.8, 4) is 0 Å². The van der Waals surface area contributed by atoms with E-state index in [1.165, 1.54) is 0 Å². The first kappa shape index (κ1) is 13.0. The van der Waals surface area contributed by atoms with Crippen LogP contribution in [0.25, 0.3) is 0 Å². The highest BCUT2D eigenvalue weighted by molar-refractivity contribution is 9.10. The van der Waals surface area contributed by atoms with Crippen LogP contribution in [-0.2, 0) is 6.54 Å². The maximum atomic E-state index is 9.23. The van der Waals surface area contributed by atoms with E-state index in [1.807, 2.05) is 30.1 Å². The van der Waals surface area contributed by atoms with Crippen LogP contribution in [0, 0.1) is 0 Å². The molecular weight excluding hydrogens is 277 g/mol. The largest absolute Gasteiger partial charge is 0.392 e. The Bertz CT molecular complexity index is 330. The number of aliphatic hydroxyl groups is 1. The summed E-state index contributed by atoms with van der Waals surface area (Å²) in [4.78, 5) is 2.04. The van der Waals surface area contributed by atoms with Gasteiger partial charge in [0.05, 0.1) is 6.10 Å². The maximum absolute atomic E-state index is 9.23. The number of benzene rings is 1. The SMILES string of the molecule is CC(O)CN(C)Cc1ccc(Br)cc1Cl. The minimum absolute atomic E-state index is 0.316. The van der Waals surface area contributed by atoms with Crippen molar-refractivity contribution in [3.05, 3.63) is 33.3 Å². The van der Waals surface area contributed by atoms with E-state index in [-0.39, 0.29) is 6.10 Å². The van der Waals surface area contributed by atoms with Crippen LogP contribution >= 0.6 is 27.5 Å². The van der Waals surface area contributed by atoms with Gasteiger partial charge in [0.2, 0.25) is 0 Å². The molecule has 0 heterocycles. The summed E-state index contributed by atoms with van der Waals surface area (Å²) in [5, 5.41) is 9.98. The summed E-state index contributed by atoms with van der Waals surface area (Å²) in [6, 6.07) is 5.84. The standard InChI is InChI=1S/C11H15BrClNO/c1-8(15)6-14(2)7-9-3-4-10(12)5-11(9)13/h3-5,8,15H,6-7H2,1-2H3. The molecule has 0 radical (unpaired) electrons. The molecule has 1 N–H and O–H groups in total. The van der Waals surface area contributed by atoms with Gasteiger partial charge in [0.15, 0.2) is 0 Å². The zero-order valence-electron chi connectivity index (χ0n) is 8.87. The van der Waals surface area contributed by atoms with E-state index in [1.54, 1.807) is 6.92 Å². The van der Waals surface area contributed by atoms with Gasteiger partial charge in [-0.1, -0.05) is 33.6 Å². The normalized spacial score (nSPS) is 13.2. The number of rotatable bonds is 4. The highest BCUT2D eigenvalue weighted by atomic mass is 79.9. The molecule has 0 aliphatic rings. The molecule has 1 atom stereocenters. The van der Waals surface area contributed by atoms with E-state index in [4.69, 9.17) is 11.6 Å². The van der Waals surface area contributed by atoms with Gasteiger partial charge in [0.25, 0.3) is 0 Å². The van der Waals surface area contributed by atoms with Gasteiger partial charge in [-0.25, -0.2) is 0 Å². The highest BCUT2D eigenvalue weighted by Crippen LogP contribution is 2.22. The van der Waals surface area contributed by atoms with E-state index in [9.17, 15) is 5.11 Å². The predicted octanol–water partition coefficient (Wildman–Crippen LogP) is 2.92. The van der Waals surface area contributed by atoms with Gasteiger partial charge < -0.3 is 5.11 Å². The first-order chi connectivity index (χ1) is 6.99. The van der Waals surface area contributed by atoms with E-state index in [0.29, 0.717) is 6.54 Å². The average molecular weight is 293 g/mol. The lowest BCUT2D eigenvalue weighted by atomic mass is 10.2. The average Bonchev–Trinajstić information content (AvgIpc) is 2.08. The highest BCUT2D eigenvalue weighted by Gasteiger charge is 2.06. The first-order valence-corrected chi connectivity index (χ1v) is 5.96. The number of hydrogen-bond acceptors (Lipinski definition) is 2. The Kier molecular flexibility index (Phi) is 5.06. The van der Waals surface area contributed by atoms with Gasteiger partial charge >= 0.3 is 0 Å². The van der Waals surface area contributed by atoms with E-state index in [2.05, 4.69) is 15.9 Å². The van der Waals surface area contributed by atoms with Crippen LogP contribution in [0.3, 0.4) is 0 Å². The van der Waals surface area contributed by atoms with Crippen LogP contribution in [0.4, 0.5) is 0 Å². The maximum Gasteiger partial charge on any atom is 0.0639 e. The van der Waals surface area contributed by atoms with Crippen molar-refractivity contribution >= 4 is 27.5 Å². The van der Waals surface area contributed by atoms with Gasteiger partial charge in [-0.3, -0.25) is 4.90 Å². The molecule has 1 aromatic rings. The molecule has 0 aliphatic carbocycles. The quantitative estimate of drug-likeness (QED) is 0.922. The van der Waals surface area contributed by atoms with Crippen LogP contribution in [-0.4, -0.2) is 29.7 Å². The number of aliphatic hydroxyl groups excluding tert-OH is 1. The molecule has 1 aromatic carbocycles. The van der Waals surface area contributed by atoms with Crippen molar-refractivity contribution < 1.29 is 5.11 Å².